The van der Waals surface area contributed by atoms with Crippen LogP contribution in [0.15, 0.2) is 182 Å². The van der Waals surface area contributed by atoms with Crippen molar-refractivity contribution in [1.82, 2.24) is 0 Å². The van der Waals surface area contributed by atoms with Crippen molar-refractivity contribution in [3.8, 4) is 93.4 Å². The second-order valence-electron chi connectivity index (χ2n) is 44.4. The van der Waals surface area contributed by atoms with Crippen LogP contribution in [0.1, 0.15) is 352 Å². The lowest BCUT2D eigenvalue weighted by Gasteiger charge is -2.50. The monoisotopic (exact) mass is 1650 g/mol. The van der Waals surface area contributed by atoms with Crippen molar-refractivity contribution in [3.05, 3.63) is 232 Å². The molecule has 4 spiro atoms. The van der Waals surface area contributed by atoms with E-state index in [1.165, 1.54) is 268 Å². The number of unbranched alkanes of at least 4 members (excludes halogenated alkanes) is 10. The molecule has 10 aliphatic rings. The summed E-state index contributed by atoms with van der Waals surface area (Å²) in [6, 6.07) is 71.3. The number of ether oxygens (including phenoxy) is 2. The quantitative estimate of drug-likeness (QED) is 0.0212. The molecule has 6 saturated carbocycles. The molecule has 0 N–H and O–H groups in total. The van der Waals surface area contributed by atoms with Crippen LogP contribution in [0.5, 0.6) is 5.75 Å². The average molecular weight is 1650 g/mol. The number of hydrogen-bond acceptors (Lipinski definition) is 4. The van der Waals surface area contributed by atoms with Crippen molar-refractivity contribution in [2.24, 2.45) is 43.3 Å². The second-order valence-corrected chi connectivity index (χ2v) is 45.5. The van der Waals surface area contributed by atoms with Gasteiger partial charge in [0.15, 0.2) is 0 Å². The average Bonchev–Trinajstić information content (AvgIpc) is 1.46. The van der Waals surface area contributed by atoms with Gasteiger partial charge in [-0.25, -0.2) is 4.79 Å². The zero-order valence-corrected chi connectivity index (χ0v) is 78.5. The van der Waals surface area contributed by atoms with Crippen LogP contribution in [-0.2, 0) is 31.2 Å². The first-order valence-electron chi connectivity index (χ1n) is 49.4. The fraction of sp³-hybridized carbons (Fsp3) is 0.504. The molecule has 6 fully saturated rings. The van der Waals surface area contributed by atoms with Crippen LogP contribution < -0.4 is 4.74 Å². The first kappa shape index (κ1) is 83.2. The molecular weight excluding hydrogens is 1510 g/mol. The largest absolute Gasteiger partial charge is 0.455 e. The van der Waals surface area contributed by atoms with E-state index in [2.05, 4.69) is 261 Å². The Morgan fingerprint density at radius 2 is 0.650 bits per heavy atom. The normalized spacial score (nSPS) is 25.6. The minimum Gasteiger partial charge on any atom is -0.455 e. The van der Waals surface area contributed by atoms with Gasteiger partial charge in [-0.2, -0.15) is 0 Å². The van der Waals surface area contributed by atoms with Crippen LogP contribution in [0.4, 0.5) is 0 Å². The van der Waals surface area contributed by atoms with Crippen LogP contribution in [0.3, 0.4) is 0 Å². The summed E-state index contributed by atoms with van der Waals surface area (Å²) in [5.41, 5.74) is 35.1. The van der Waals surface area contributed by atoms with Crippen molar-refractivity contribution in [1.29, 1.82) is 0 Å². The molecule has 20 rings (SSSR count). The topological polar surface area (TPSA) is 35.5 Å². The molecule has 1 unspecified atom stereocenters. The standard InChI is InChI=1S/C119H140O3S/c1-17-22-27-28-29-30-31-32-106(122-107(120)77(6)7)121-87-43-37-79(38-44-87)104-49-50-105(123-104)86-42-48-89-93-74-100-92(73-101(93)117(97(89)72-86)110(13,14)57-58-111(117,15)16)88-45-40-84(69-96(88)116(100)108(9,10)55-56-109(116,11)12)85-41-47-91-95-76-102-94(75-103(95)119(99(91)71-85)114(53-25-20-4)63-65-115(119,66-64-114)54-26-21-5)90-46-39-83(82-36-35-80-67-78(8)33-34-81(80)68-82)70-98(90)118(102)112(51-23-18-2)59-61-113(118,62-60-112)52-24-19-3/h33-50,67-76,106H,6,17-32,51-66H2,1-5,7-16H3. The van der Waals surface area contributed by atoms with E-state index in [0.717, 1.165) is 18.4 Å². The maximum Gasteiger partial charge on any atom is 0.336 e. The summed E-state index contributed by atoms with van der Waals surface area (Å²) in [4.78, 5) is 15.4. The molecule has 1 atom stereocenters. The lowest BCUT2D eigenvalue weighted by molar-refractivity contribution is -0.159. The highest BCUT2D eigenvalue weighted by molar-refractivity contribution is 7.18. The maximum atomic E-state index is 12.9. The fourth-order valence-corrected chi connectivity index (χ4v) is 32.5. The van der Waals surface area contributed by atoms with E-state index < -0.39 is 12.3 Å². The molecule has 4 heteroatoms. The molecule has 0 radical (unpaired) electrons. The van der Waals surface area contributed by atoms with E-state index in [4.69, 9.17) is 9.47 Å². The highest BCUT2D eigenvalue weighted by Gasteiger charge is 2.77. The van der Waals surface area contributed by atoms with Gasteiger partial charge in [0.2, 0.25) is 6.29 Å². The van der Waals surface area contributed by atoms with Gasteiger partial charge in [0.1, 0.15) is 5.75 Å². The van der Waals surface area contributed by atoms with Gasteiger partial charge in [-0.1, -0.05) is 271 Å². The number of aryl methyl sites for hydroxylation is 1. The van der Waals surface area contributed by atoms with Crippen molar-refractivity contribution in [2.75, 3.05) is 0 Å². The molecule has 0 amide bonds. The molecule has 10 aliphatic carbocycles. The van der Waals surface area contributed by atoms with Crippen LogP contribution >= 0.6 is 11.3 Å². The molecule has 3 nitrogen and oxygen atoms in total. The molecule has 1 aromatic heterocycles. The molecule has 9 aromatic carbocycles. The van der Waals surface area contributed by atoms with E-state index in [9.17, 15) is 4.79 Å². The van der Waals surface area contributed by atoms with Gasteiger partial charge < -0.3 is 9.47 Å². The van der Waals surface area contributed by atoms with Crippen LogP contribution in [0.25, 0.3) is 98.4 Å². The Morgan fingerprint density at radius 1 is 0.333 bits per heavy atom. The van der Waals surface area contributed by atoms with E-state index in [0.29, 0.717) is 17.7 Å². The predicted molar refractivity (Wildman–Crippen MR) is 519 cm³/mol. The summed E-state index contributed by atoms with van der Waals surface area (Å²) in [5.74, 6) is 0.299. The van der Waals surface area contributed by atoms with Crippen molar-refractivity contribution >= 4 is 28.1 Å². The van der Waals surface area contributed by atoms with Gasteiger partial charge in [0, 0.05) is 43.4 Å². The van der Waals surface area contributed by atoms with E-state index in [1.54, 1.807) is 68.1 Å². The first-order valence-corrected chi connectivity index (χ1v) is 50.2. The van der Waals surface area contributed by atoms with Gasteiger partial charge in [-0.05, 0) is 390 Å². The Morgan fingerprint density at radius 3 is 1.06 bits per heavy atom. The minimum absolute atomic E-state index is 0.0233. The summed E-state index contributed by atoms with van der Waals surface area (Å²) in [6.45, 7) is 41.1. The molecule has 4 bridgehead atoms. The molecule has 10 aromatic rings. The smallest absolute Gasteiger partial charge is 0.336 e. The fourth-order valence-electron chi connectivity index (χ4n) is 31.5. The summed E-state index contributed by atoms with van der Waals surface area (Å²) in [7, 11) is 0. The summed E-state index contributed by atoms with van der Waals surface area (Å²) in [5, 5.41) is 2.68. The molecule has 0 aliphatic heterocycles. The number of hydrogen-bond donors (Lipinski definition) is 0. The second kappa shape index (κ2) is 30.0. The highest BCUT2D eigenvalue weighted by atomic mass is 32.1. The lowest BCUT2D eigenvalue weighted by atomic mass is 9.52. The number of carbonyl (C=O) groups is 1. The summed E-state index contributed by atoms with van der Waals surface area (Å²) < 4.78 is 12.3. The van der Waals surface area contributed by atoms with Crippen LogP contribution in [-0.4, -0.2) is 12.3 Å². The molecule has 123 heavy (non-hydrogen) atoms. The zero-order valence-electron chi connectivity index (χ0n) is 77.7. The number of esters is 1. The number of fused-ring (bicyclic) bond motifs is 17. The van der Waals surface area contributed by atoms with Gasteiger partial charge in [-0.15, -0.1) is 11.3 Å². The summed E-state index contributed by atoms with van der Waals surface area (Å²) in [6.07, 6.45) is 39.1. The number of rotatable bonds is 28. The van der Waals surface area contributed by atoms with Crippen molar-refractivity contribution < 1.29 is 14.3 Å². The van der Waals surface area contributed by atoms with Crippen molar-refractivity contribution in [2.45, 2.75) is 337 Å². The predicted octanol–water partition coefficient (Wildman–Crippen LogP) is 34.5. The highest BCUT2D eigenvalue weighted by Crippen LogP contribution is 2.85. The molecular formula is C119H140O3S. The van der Waals surface area contributed by atoms with Gasteiger partial charge >= 0.3 is 5.97 Å². The SMILES string of the molecule is C=C(C)C(=O)OC(CCCCCCCCC)Oc1ccc(-c2ccc(-c3ccc4c(c3)C3(c5cc6c(cc5-4)C4(c5cc(-c7ccc8c(c7)C7(c9cc%10c(cc9-8)C8(c9cc(-c%11ccc%12cc(C)ccc%12c%11)ccc9-%10)C9(CCCC)CCC8(CCCC)CC9)C8(CCCC)CCC7(CCCC)CC8)ccc5-6)C(C)(C)CCC4(C)C)C(C)(C)CCC3(C)C)s2)cc1. The number of thiophene rings is 1. The van der Waals surface area contributed by atoms with Gasteiger partial charge in [-0.3, -0.25) is 0 Å². The maximum absolute atomic E-state index is 12.9. The third-order valence-corrected chi connectivity index (χ3v) is 37.9. The van der Waals surface area contributed by atoms with Gasteiger partial charge in [0.05, 0.1) is 0 Å². The Kier molecular flexibility index (Phi) is 20.3. The Balaban J connectivity index is 0.706. The first-order chi connectivity index (χ1) is 59.2. The van der Waals surface area contributed by atoms with E-state index in [-0.39, 0.29) is 65.0 Å². The Bertz CT molecular complexity index is 5770. The minimum atomic E-state index is -0.660. The van der Waals surface area contributed by atoms with Crippen LogP contribution in [0, 0.1) is 50.2 Å². The van der Waals surface area contributed by atoms with E-state index in [1.807, 2.05) is 23.5 Å². The molecule has 640 valence electrons. The lowest BCUT2D eigenvalue weighted by Crippen LogP contribution is -2.47. The number of carbonyl (C=O) groups excluding carboxylic acids is 1. The molecule has 0 saturated heterocycles. The zero-order chi connectivity index (χ0) is 85.4. The van der Waals surface area contributed by atoms with Gasteiger partial charge in [0.25, 0.3) is 0 Å². The van der Waals surface area contributed by atoms with Crippen LogP contribution in [0.2, 0.25) is 0 Å². The summed E-state index contributed by atoms with van der Waals surface area (Å²) >= 11 is 1.88. The Hall–Kier alpha value is -8.05. The van der Waals surface area contributed by atoms with Crippen molar-refractivity contribution in [3.63, 3.8) is 0 Å². The Labute approximate surface area is 743 Å². The van der Waals surface area contributed by atoms with E-state index >= 15 is 0 Å². The third-order valence-electron chi connectivity index (χ3n) is 36.7. The number of benzene rings is 9. The molecule has 1 heterocycles. The third kappa shape index (κ3) is 11.5.